The van der Waals surface area contributed by atoms with Gasteiger partial charge in [0.05, 0.1) is 19.3 Å². The van der Waals surface area contributed by atoms with Crippen molar-refractivity contribution < 1.29 is 22.7 Å². The molecule has 8 nitrogen and oxygen atoms in total. The molecule has 4 rings (SSSR count). The van der Waals surface area contributed by atoms with Crippen molar-refractivity contribution in [2.75, 3.05) is 37.7 Å². The third-order valence-corrected chi connectivity index (χ3v) is 7.63. The molecule has 0 aliphatic carbocycles. The molecule has 184 valence electrons. The highest BCUT2D eigenvalue weighted by atomic mass is 32.2. The Hall–Kier alpha value is -3.16. The summed E-state index contributed by atoms with van der Waals surface area (Å²) in [5.41, 5.74) is 2.22. The Morgan fingerprint density at radius 1 is 1.14 bits per heavy atom. The zero-order valence-electron chi connectivity index (χ0n) is 19.8. The number of benzene rings is 2. The van der Waals surface area contributed by atoms with E-state index in [1.165, 1.54) is 12.6 Å². The lowest BCUT2D eigenvalue weighted by Gasteiger charge is -2.29. The van der Waals surface area contributed by atoms with Crippen molar-refractivity contribution in [3.05, 3.63) is 59.2 Å². The predicted molar refractivity (Wildman–Crippen MR) is 136 cm³/mol. The highest BCUT2D eigenvalue weighted by molar-refractivity contribution is 7.93. The van der Waals surface area contributed by atoms with Gasteiger partial charge in [-0.05, 0) is 54.4 Å². The van der Waals surface area contributed by atoms with E-state index in [0.717, 1.165) is 42.6 Å². The molecule has 1 unspecified atom stereocenters. The number of nitriles is 1. The smallest absolute Gasteiger partial charge is 0.251 e. The van der Waals surface area contributed by atoms with Crippen LogP contribution in [0.15, 0.2) is 57.9 Å². The largest absolute Gasteiger partial charge is 0.456 e. The summed E-state index contributed by atoms with van der Waals surface area (Å²) in [7, 11) is -4.09. The molecule has 35 heavy (non-hydrogen) atoms. The van der Waals surface area contributed by atoms with Crippen molar-refractivity contribution in [3.63, 3.8) is 0 Å². The number of anilines is 1. The van der Waals surface area contributed by atoms with Gasteiger partial charge in [0.25, 0.3) is 10.0 Å². The van der Waals surface area contributed by atoms with Gasteiger partial charge >= 0.3 is 0 Å². The standard InChI is InChI=1S/C26H29N3O5S/c1-3-23(30)17-28-35(31,32)26(16-27)18(2)24-8-9-25(34-24)21-5-4-20-15-22(7-6-19(20)14-21)29-10-12-33-13-11-29/h4-9,14-15,23,28,30H,3,10-13,17H2,1-2H3/b26-18+. The van der Waals surface area contributed by atoms with Gasteiger partial charge in [-0.2, -0.15) is 5.26 Å². The summed E-state index contributed by atoms with van der Waals surface area (Å²) >= 11 is 0. The van der Waals surface area contributed by atoms with Gasteiger partial charge in [-0.15, -0.1) is 0 Å². The van der Waals surface area contributed by atoms with Gasteiger partial charge < -0.3 is 19.2 Å². The van der Waals surface area contributed by atoms with Crippen molar-refractivity contribution in [2.45, 2.75) is 26.4 Å². The number of furan rings is 1. The summed E-state index contributed by atoms with van der Waals surface area (Å²) in [5, 5.41) is 21.4. The van der Waals surface area contributed by atoms with Crippen LogP contribution in [0, 0.1) is 11.3 Å². The van der Waals surface area contributed by atoms with E-state index >= 15 is 0 Å². The molecule has 0 radical (unpaired) electrons. The molecule has 1 aliphatic rings. The fourth-order valence-electron chi connectivity index (χ4n) is 3.98. The lowest BCUT2D eigenvalue weighted by Crippen LogP contribution is -2.36. The van der Waals surface area contributed by atoms with Gasteiger partial charge in [0.2, 0.25) is 0 Å². The Morgan fingerprint density at radius 3 is 2.57 bits per heavy atom. The molecule has 0 bridgehead atoms. The van der Waals surface area contributed by atoms with Crippen LogP contribution < -0.4 is 9.62 Å². The number of fused-ring (bicyclic) bond motifs is 1. The maximum Gasteiger partial charge on any atom is 0.251 e. The minimum Gasteiger partial charge on any atom is -0.456 e. The number of ether oxygens (including phenoxy) is 1. The zero-order chi connectivity index (χ0) is 25.0. The summed E-state index contributed by atoms with van der Waals surface area (Å²) in [5.74, 6) is 0.864. The van der Waals surface area contributed by atoms with E-state index in [-0.39, 0.29) is 12.1 Å². The quantitative estimate of drug-likeness (QED) is 0.456. The number of hydrogen-bond donors (Lipinski definition) is 2. The highest BCUT2D eigenvalue weighted by Gasteiger charge is 2.23. The normalized spacial score (nSPS) is 16.1. The van der Waals surface area contributed by atoms with Crippen LogP contribution in [-0.4, -0.2) is 52.5 Å². The average Bonchev–Trinajstić information content (AvgIpc) is 3.38. The number of sulfonamides is 1. The molecule has 1 aliphatic heterocycles. The molecular formula is C26H29N3O5S. The maximum absolute atomic E-state index is 12.6. The Kier molecular flexibility index (Phi) is 7.57. The first-order valence-electron chi connectivity index (χ1n) is 11.6. The molecule has 1 saturated heterocycles. The van der Waals surface area contributed by atoms with Gasteiger partial charge in [0.1, 0.15) is 17.6 Å². The first-order chi connectivity index (χ1) is 16.8. The fourth-order valence-corrected chi connectivity index (χ4v) is 5.16. The van der Waals surface area contributed by atoms with Gasteiger partial charge in [-0.25, -0.2) is 13.1 Å². The van der Waals surface area contributed by atoms with Crippen molar-refractivity contribution in [2.24, 2.45) is 0 Å². The second-order valence-corrected chi connectivity index (χ2v) is 10.2. The SMILES string of the molecule is CCC(O)CNS(=O)(=O)/C(C#N)=C(\C)c1ccc(-c2ccc3cc(N4CCOCC4)ccc3c2)o1. The van der Waals surface area contributed by atoms with Gasteiger partial charge in [0.15, 0.2) is 4.91 Å². The Bertz CT molecular complexity index is 1380. The van der Waals surface area contributed by atoms with Gasteiger partial charge in [0, 0.05) is 36.5 Å². The first-order valence-corrected chi connectivity index (χ1v) is 13.1. The summed E-state index contributed by atoms with van der Waals surface area (Å²) in [4.78, 5) is 1.87. The molecule has 2 N–H and O–H groups in total. The topological polar surface area (TPSA) is 116 Å². The highest BCUT2D eigenvalue weighted by Crippen LogP contribution is 2.31. The van der Waals surface area contributed by atoms with Crippen LogP contribution >= 0.6 is 0 Å². The molecule has 3 aromatic rings. The maximum atomic E-state index is 12.6. The molecule has 9 heteroatoms. The van der Waals surface area contributed by atoms with Crippen LogP contribution in [0.3, 0.4) is 0 Å². The van der Waals surface area contributed by atoms with Crippen molar-refractivity contribution >= 4 is 32.1 Å². The monoisotopic (exact) mass is 495 g/mol. The zero-order valence-corrected chi connectivity index (χ0v) is 20.6. The van der Waals surface area contributed by atoms with E-state index < -0.39 is 21.0 Å². The minimum atomic E-state index is -4.09. The van der Waals surface area contributed by atoms with Crippen molar-refractivity contribution in [3.8, 4) is 17.4 Å². The molecule has 0 amide bonds. The van der Waals surface area contributed by atoms with Gasteiger partial charge in [-0.1, -0.05) is 25.1 Å². The molecule has 1 fully saturated rings. The van der Waals surface area contributed by atoms with E-state index in [9.17, 15) is 18.8 Å². The first kappa shape index (κ1) is 24.9. The summed E-state index contributed by atoms with van der Waals surface area (Å²) in [6.45, 7) is 6.33. The number of allylic oxidation sites excluding steroid dienone is 2. The molecule has 0 saturated carbocycles. The molecule has 2 heterocycles. The van der Waals surface area contributed by atoms with Crippen LogP contribution in [0.4, 0.5) is 5.69 Å². The number of morpholine rings is 1. The van der Waals surface area contributed by atoms with Crippen molar-refractivity contribution in [1.82, 2.24) is 4.72 Å². The fraction of sp³-hybridized carbons (Fsp3) is 0.346. The molecule has 0 spiro atoms. The number of hydrogen-bond acceptors (Lipinski definition) is 7. The van der Waals surface area contributed by atoms with E-state index in [1.807, 2.05) is 18.2 Å². The van der Waals surface area contributed by atoms with Crippen LogP contribution in [0.5, 0.6) is 0 Å². The summed E-state index contributed by atoms with van der Waals surface area (Å²) in [6.07, 6.45) is -0.423. The summed E-state index contributed by atoms with van der Waals surface area (Å²) in [6, 6.07) is 17.5. The number of nitrogens with one attached hydrogen (secondary N) is 1. The number of aliphatic hydroxyl groups is 1. The third kappa shape index (κ3) is 5.57. The van der Waals surface area contributed by atoms with E-state index in [1.54, 1.807) is 25.1 Å². The number of aliphatic hydroxyl groups excluding tert-OH is 1. The van der Waals surface area contributed by atoms with E-state index in [4.69, 9.17) is 9.15 Å². The summed E-state index contributed by atoms with van der Waals surface area (Å²) < 4.78 is 38.9. The predicted octanol–water partition coefficient (Wildman–Crippen LogP) is 3.88. The average molecular weight is 496 g/mol. The van der Waals surface area contributed by atoms with Crippen molar-refractivity contribution in [1.29, 1.82) is 5.26 Å². The molecular weight excluding hydrogens is 466 g/mol. The third-order valence-electron chi connectivity index (χ3n) is 6.15. The van der Waals surface area contributed by atoms with Crippen LogP contribution in [0.1, 0.15) is 26.0 Å². The molecule has 1 atom stereocenters. The Balaban J connectivity index is 1.59. The van der Waals surface area contributed by atoms with Crippen LogP contribution in [-0.2, 0) is 14.8 Å². The van der Waals surface area contributed by atoms with E-state index in [0.29, 0.717) is 17.9 Å². The minimum absolute atomic E-state index is 0.162. The number of rotatable bonds is 8. The van der Waals surface area contributed by atoms with Gasteiger partial charge in [-0.3, -0.25) is 0 Å². The van der Waals surface area contributed by atoms with Crippen LogP contribution in [0.2, 0.25) is 0 Å². The number of nitrogens with zero attached hydrogens (tertiary/aromatic N) is 2. The van der Waals surface area contributed by atoms with E-state index in [2.05, 4.69) is 27.8 Å². The van der Waals surface area contributed by atoms with Crippen LogP contribution in [0.25, 0.3) is 27.7 Å². The molecule has 2 aromatic carbocycles. The Morgan fingerprint density at radius 2 is 1.86 bits per heavy atom. The lowest BCUT2D eigenvalue weighted by molar-refractivity contribution is 0.122. The second kappa shape index (κ2) is 10.6. The molecule has 1 aromatic heterocycles. The Labute approximate surface area is 205 Å². The lowest BCUT2D eigenvalue weighted by atomic mass is 10.0. The second-order valence-electron chi connectivity index (χ2n) is 8.49.